The third-order valence-electron chi connectivity index (χ3n) is 7.03. The minimum atomic E-state index is -0.951. The van der Waals surface area contributed by atoms with E-state index < -0.39 is 38.8 Å². The van der Waals surface area contributed by atoms with Gasteiger partial charge in [-0.1, -0.05) is 29.5 Å². The summed E-state index contributed by atoms with van der Waals surface area (Å²) >= 11 is 1.07. The smallest absolute Gasteiger partial charge is 0.338 e. The fourth-order valence-corrected chi connectivity index (χ4v) is 5.97. The quantitative estimate of drug-likeness (QED) is 0.136. The predicted octanol–water partition coefficient (Wildman–Crippen LogP) is 4.42. The zero-order valence-corrected chi connectivity index (χ0v) is 25.7. The van der Waals surface area contributed by atoms with Gasteiger partial charge in [0.1, 0.15) is 23.3 Å². The van der Waals surface area contributed by atoms with Gasteiger partial charge < -0.3 is 18.9 Å². The Bertz CT molecular complexity index is 2100. The third kappa shape index (κ3) is 5.95. The number of allylic oxidation sites excluding steroid dienone is 1. The molecular weight excluding hydrogens is 620 g/mol. The lowest BCUT2D eigenvalue weighted by Crippen LogP contribution is -2.40. The maximum atomic E-state index is 14.1. The molecule has 0 spiro atoms. The number of hydrogen-bond donors (Lipinski definition) is 0. The first-order valence-electron chi connectivity index (χ1n) is 13.7. The number of aromatic nitrogens is 1. The van der Waals surface area contributed by atoms with E-state index in [0.29, 0.717) is 33.1 Å². The second-order valence-electron chi connectivity index (χ2n) is 9.72. The highest BCUT2D eigenvalue weighted by Crippen LogP contribution is 2.38. The summed E-state index contributed by atoms with van der Waals surface area (Å²) in [4.78, 5) is 53.6. The number of fused-ring (bicyclic) bond motifs is 1. The molecule has 15 heteroatoms. The maximum absolute atomic E-state index is 14.1. The molecule has 4 aromatic rings. The third-order valence-corrected chi connectivity index (χ3v) is 8.01. The minimum absolute atomic E-state index is 0.107. The van der Waals surface area contributed by atoms with Crippen molar-refractivity contribution in [2.45, 2.75) is 19.9 Å². The Hall–Kier alpha value is -5.83. The highest BCUT2D eigenvalue weighted by molar-refractivity contribution is 7.07. The van der Waals surface area contributed by atoms with Crippen molar-refractivity contribution in [1.29, 1.82) is 0 Å². The van der Waals surface area contributed by atoms with Crippen molar-refractivity contribution in [2.75, 3.05) is 20.8 Å². The molecule has 0 amide bonds. The van der Waals surface area contributed by atoms with Crippen LogP contribution in [0.1, 0.15) is 31.0 Å². The van der Waals surface area contributed by atoms with Crippen molar-refractivity contribution in [3.63, 3.8) is 0 Å². The lowest BCUT2D eigenvalue weighted by atomic mass is 9.95. The van der Waals surface area contributed by atoms with E-state index in [1.165, 1.54) is 18.8 Å². The lowest BCUT2D eigenvalue weighted by molar-refractivity contribution is -0.394. The van der Waals surface area contributed by atoms with Crippen LogP contribution >= 0.6 is 11.3 Å². The van der Waals surface area contributed by atoms with Crippen molar-refractivity contribution < 1.29 is 33.6 Å². The van der Waals surface area contributed by atoms with E-state index in [4.69, 9.17) is 18.9 Å². The second-order valence-corrected chi connectivity index (χ2v) is 10.7. The zero-order chi connectivity index (χ0) is 33.1. The number of nitro groups is 2. The summed E-state index contributed by atoms with van der Waals surface area (Å²) in [7, 11) is 2.97. The molecule has 0 radical (unpaired) electrons. The van der Waals surface area contributed by atoms with E-state index in [-0.39, 0.29) is 28.2 Å². The van der Waals surface area contributed by atoms with Crippen molar-refractivity contribution in [3.8, 4) is 23.0 Å². The molecule has 5 rings (SSSR count). The van der Waals surface area contributed by atoms with Gasteiger partial charge in [0, 0.05) is 23.3 Å². The summed E-state index contributed by atoms with van der Waals surface area (Å²) in [6, 6.07) is 13.7. The van der Waals surface area contributed by atoms with Crippen molar-refractivity contribution >= 4 is 34.8 Å². The second kappa shape index (κ2) is 13.0. The highest BCUT2D eigenvalue weighted by Gasteiger charge is 2.35. The van der Waals surface area contributed by atoms with Gasteiger partial charge in [-0.15, -0.1) is 0 Å². The molecule has 46 heavy (non-hydrogen) atoms. The number of carbonyl (C=O) groups is 1. The van der Waals surface area contributed by atoms with Crippen LogP contribution in [-0.2, 0) is 9.53 Å². The first-order chi connectivity index (χ1) is 22.1. The molecule has 0 saturated heterocycles. The normalized spacial score (nSPS) is 14.3. The van der Waals surface area contributed by atoms with Crippen molar-refractivity contribution in [2.24, 2.45) is 4.99 Å². The van der Waals surface area contributed by atoms with Gasteiger partial charge in [0.05, 0.1) is 52.5 Å². The summed E-state index contributed by atoms with van der Waals surface area (Å²) in [6.07, 6.45) is 1.54. The van der Waals surface area contributed by atoms with E-state index in [1.54, 1.807) is 62.4 Å². The van der Waals surface area contributed by atoms with E-state index >= 15 is 0 Å². The molecule has 0 fully saturated rings. The summed E-state index contributed by atoms with van der Waals surface area (Å²) < 4.78 is 23.8. The number of ether oxygens (including phenoxy) is 4. The SMILES string of the molecule is CCOC(=O)C1=C(C)N=c2s/c(=C\c3ccccc3Oc3ccc([N+](=O)[O-])cc3[N+](=O)[O-])c(=O)n2[C@H]1c1ccc(OC)cc1OC. The monoisotopic (exact) mass is 646 g/mol. The van der Waals surface area contributed by atoms with E-state index in [1.807, 2.05) is 0 Å². The topological polar surface area (TPSA) is 175 Å². The Morgan fingerprint density at radius 2 is 1.76 bits per heavy atom. The summed E-state index contributed by atoms with van der Waals surface area (Å²) in [6.45, 7) is 3.44. The van der Waals surface area contributed by atoms with Crippen LogP contribution in [0.5, 0.6) is 23.0 Å². The van der Waals surface area contributed by atoms with Gasteiger partial charge >= 0.3 is 11.7 Å². The number of nitro benzene ring substituents is 2. The highest BCUT2D eigenvalue weighted by atomic mass is 32.1. The summed E-state index contributed by atoms with van der Waals surface area (Å²) in [5.41, 5.74) is -0.116. The van der Waals surface area contributed by atoms with Crippen LogP contribution in [0.25, 0.3) is 6.08 Å². The van der Waals surface area contributed by atoms with Crippen LogP contribution in [0.3, 0.4) is 0 Å². The van der Waals surface area contributed by atoms with Gasteiger partial charge in [0.15, 0.2) is 4.80 Å². The first kappa shape index (κ1) is 31.6. The Morgan fingerprint density at radius 3 is 2.43 bits per heavy atom. The van der Waals surface area contributed by atoms with Crippen molar-refractivity contribution in [1.82, 2.24) is 4.57 Å². The van der Waals surface area contributed by atoms with E-state index in [9.17, 15) is 29.8 Å². The fraction of sp³-hybridized carbons (Fsp3) is 0.194. The predicted molar refractivity (Wildman–Crippen MR) is 166 cm³/mol. The van der Waals surface area contributed by atoms with Gasteiger partial charge in [-0.2, -0.15) is 0 Å². The van der Waals surface area contributed by atoms with Crippen LogP contribution in [0.15, 0.2) is 81.7 Å². The number of non-ortho nitro benzene ring substituents is 1. The fourth-order valence-electron chi connectivity index (χ4n) is 4.93. The largest absolute Gasteiger partial charge is 0.497 e. The number of nitrogens with zero attached hydrogens (tertiary/aromatic N) is 4. The van der Waals surface area contributed by atoms with Gasteiger partial charge in [-0.25, -0.2) is 9.79 Å². The van der Waals surface area contributed by atoms with Gasteiger partial charge in [-0.05, 0) is 44.2 Å². The number of methoxy groups -OCH3 is 2. The number of esters is 1. The molecule has 0 N–H and O–H groups in total. The molecule has 236 valence electrons. The molecule has 0 aliphatic carbocycles. The molecule has 1 aliphatic rings. The number of thiazole rings is 1. The molecule has 3 aromatic carbocycles. The molecule has 0 bridgehead atoms. The van der Waals surface area contributed by atoms with Gasteiger partial charge in [-0.3, -0.25) is 29.6 Å². The molecular formula is C31H26N4O10S. The zero-order valence-electron chi connectivity index (χ0n) is 24.9. The Morgan fingerprint density at radius 1 is 1.00 bits per heavy atom. The molecule has 1 aliphatic heterocycles. The number of carbonyl (C=O) groups excluding carboxylic acids is 1. The number of hydrogen-bond acceptors (Lipinski definition) is 12. The van der Waals surface area contributed by atoms with Crippen LogP contribution in [-0.4, -0.2) is 41.2 Å². The molecule has 0 unspecified atom stereocenters. The van der Waals surface area contributed by atoms with Crippen LogP contribution in [0.2, 0.25) is 0 Å². The van der Waals surface area contributed by atoms with Crippen LogP contribution < -0.4 is 29.1 Å². The first-order valence-corrected chi connectivity index (χ1v) is 14.5. The van der Waals surface area contributed by atoms with E-state index in [0.717, 1.165) is 29.5 Å². The maximum Gasteiger partial charge on any atom is 0.338 e. The average Bonchev–Trinajstić information content (AvgIpc) is 3.34. The minimum Gasteiger partial charge on any atom is -0.497 e. The molecule has 14 nitrogen and oxygen atoms in total. The molecule has 2 heterocycles. The molecule has 0 saturated carbocycles. The standard InChI is InChI=1S/C31H26N4O10S/c1-5-44-30(37)27-17(2)32-31-33(28(27)21-12-11-20(42-3)16-25(21)43-4)29(36)26(46-31)14-18-8-6-7-9-23(18)45-24-13-10-19(34(38)39)15-22(24)35(40)41/h6-16,28H,5H2,1-4H3/b26-14-/t28-/m0/s1. The van der Waals surface area contributed by atoms with E-state index in [2.05, 4.69) is 4.99 Å². The molecule has 1 atom stereocenters. The number of rotatable bonds is 10. The van der Waals surface area contributed by atoms with Gasteiger partial charge in [0.25, 0.3) is 11.2 Å². The van der Waals surface area contributed by atoms with Crippen molar-refractivity contribution in [3.05, 3.63) is 123 Å². The Balaban J connectivity index is 1.67. The number of para-hydroxylation sites is 1. The summed E-state index contributed by atoms with van der Waals surface area (Å²) in [5, 5.41) is 22.8. The Labute approximate surface area is 264 Å². The lowest BCUT2D eigenvalue weighted by Gasteiger charge is -2.26. The Kier molecular flexibility index (Phi) is 8.95. The van der Waals surface area contributed by atoms with Crippen LogP contribution in [0.4, 0.5) is 11.4 Å². The van der Waals surface area contributed by atoms with Crippen LogP contribution in [0, 0.1) is 20.2 Å². The number of benzene rings is 3. The van der Waals surface area contributed by atoms with Gasteiger partial charge in [0.2, 0.25) is 5.75 Å². The molecule has 1 aromatic heterocycles. The average molecular weight is 647 g/mol. The summed E-state index contributed by atoms with van der Waals surface area (Å²) in [5.74, 6) is 0.181.